The zero-order valence-corrected chi connectivity index (χ0v) is 10.6. The molecule has 2 N–H and O–H groups in total. The van der Waals surface area contributed by atoms with Crippen LogP contribution in [0.2, 0.25) is 0 Å². The number of ether oxygens (including phenoxy) is 2. The summed E-state index contributed by atoms with van der Waals surface area (Å²) in [6.45, 7) is 2.92. The quantitative estimate of drug-likeness (QED) is 0.754. The van der Waals surface area contributed by atoms with E-state index in [0.29, 0.717) is 13.2 Å². The molecule has 0 saturated carbocycles. The summed E-state index contributed by atoms with van der Waals surface area (Å²) in [5, 5.41) is 12.8. The number of benzene rings is 1. The van der Waals surface area contributed by atoms with Crippen LogP contribution < -0.4 is 10.1 Å². The number of hydrogen-bond donors (Lipinski definition) is 2. The predicted molar refractivity (Wildman–Crippen MR) is 67.3 cm³/mol. The van der Waals surface area contributed by atoms with Gasteiger partial charge in [0.25, 0.3) is 0 Å². The number of aliphatic hydroxyl groups excluding tert-OH is 1. The Hall–Kier alpha value is -1.10. The molecule has 1 unspecified atom stereocenters. The maximum atomic E-state index is 9.52. The molecule has 96 valence electrons. The minimum Gasteiger partial charge on any atom is -0.497 e. The third-order valence-electron chi connectivity index (χ3n) is 2.63. The van der Waals surface area contributed by atoms with Crippen molar-refractivity contribution in [1.82, 2.24) is 5.32 Å². The summed E-state index contributed by atoms with van der Waals surface area (Å²) in [6.07, 6.45) is -0.472. The van der Waals surface area contributed by atoms with E-state index in [2.05, 4.69) is 12.2 Å². The maximum absolute atomic E-state index is 9.52. The largest absolute Gasteiger partial charge is 0.497 e. The summed E-state index contributed by atoms with van der Waals surface area (Å²) in [7, 11) is 3.23. The van der Waals surface area contributed by atoms with Crippen molar-refractivity contribution in [1.29, 1.82) is 0 Å². The lowest BCUT2D eigenvalue weighted by Gasteiger charge is -2.17. The molecule has 2 atom stereocenters. The minimum absolute atomic E-state index is 0.187. The van der Waals surface area contributed by atoms with Crippen LogP contribution in [0.15, 0.2) is 24.3 Å². The average molecular weight is 239 g/mol. The standard InChI is InChI=1S/C13H21NO3/c1-10(14-8-12(15)9-16-2)11-4-6-13(17-3)7-5-11/h4-7,10,12,14-15H,8-9H2,1-3H3/t10-,12?/m0/s1. The third kappa shape index (κ3) is 4.73. The second kappa shape index (κ2) is 7.27. The van der Waals surface area contributed by atoms with Gasteiger partial charge in [0.15, 0.2) is 0 Å². The van der Waals surface area contributed by atoms with E-state index in [1.54, 1.807) is 14.2 Å². The van der Waals surface area contributed by atoms with Gasteiger partial charge in [-0.1, -0.05) is 12.1 Å². The third-order valence-corrected chi connectivity index (χ3v) is 2.63. The van der Waals surface area contributed by atoms with Crippen LogP contribution in [0.4, 0.5) is 0 Å². The fraction of sp³-hybridized carbons (Fsp3) is 0.538. The molecule has 0 bridgehead atoms. The van der Waals surface area contributed by atoms with E-state index in [1.165, 1.54) is 0 Å². The van der Waals surface area contributed by atoms with Crippen molar-refractivity contribution in [2.75, 3.05) is 27.4 Å². The number of methoxy groups -OCH3 is 2. The molecule has 0 aromatic heterocycles. The van der Waals surface area contributed by atoms with Crippen molar-refractivity contribution >= 4 is 0 Å². The van der Waals surface area contributed by atoms with Crippen LogP contribution in [0.1, 0.15) is 18.5 Å². The molecule has 4 heteroatoms. The number of nitrogens with one attached hydrogen (secondary N) is 1. The van der Waals surface area contributed by atoms with Crippen LogP contribution >= 0.6 is 0 Å². The van der Waals surface area contributed by atoms with E-state index in [1.807, 2.05) is 24.3 Å². The Bertz CT molecular complexity index is 313. The fourth-order valence-electron chi connectivity index (χ4n) is 1.57. The topological polar surface area (TPSA) is 50.7 Å². The smallest absolute Gasteiger partial charge is 0.118 e. The van der Waals surface area contributed by atoms with Gasteiger partial charge < -0.3 is 19.9 Å². The summed E-state index contributed by atoms with van der Waals surface area (Å²) >= 11 is 0. The summed E-state index contributed by atoms with van der Waals surface area (Å²) in [6, 6.07) is 8.07. The highest BCUT2D eigenvalue weighted by molar-refractivity contribution is 5.28. The van der Waals surface area contributed by atoms with E-state index < -0.39 is 6.10 Å². The molecule has 4 nitrogen and oxygen atoms in total. The Morgan fingerprint density at radius 1 is 1.24 bits per heavy atom. The van der Waals surface area contributed by atoms with E-state index in [0.717, 1.165) is 11.3 Å². The summed E-state index contributed by atoms with van der Waals surface area (Å²) in [4.78, 5) is 0. The van der Waals surface area contributed by atoms with Crippen LogP contribution in [0.25, 0.3) is 0 Å². The Kier molecular flexibility index (Phi) is 5.97. The number of hydrogen-bond acceptors (Lipinski definition) is 4. The van der Waals surface area contributed by atoms with E-state index >= 15 is 0 Å². The Labute approximate surface area is 103 Å². The van der Waals surface area contributed by atoms with Crippen molar-refractivity contribution < 1.29 is 14.6 Å². The van der Waals surface area contributed by atoms with Gasteiger partial charge >= 0.3 is 0 Å². The van der Waals surface area contributed by atoms with Gasteiger partial charge in [-0.3, -0.25) is 0 Å². The van der Waals surface area contributed by atoms with Crippen LogP contribution in [0, 0.1) is 0 Å². The number of rotatable bonds is 7. The molecule has 1 aromatic carbocycles. The zero-order chi connectivity index (χ0) is 12.7. The molecule has 17 heavy (non-hydrogen) atoms. The second-order valence-corrected chi connectivity index (χ2v) is 4.01. The lowest BCUT2D eigenvalue weighted by Crippen LogP contribution is -2.31. The fourth-order valence-corrected chi connectivity index (χ4v) is 1.57. The van der Waals surface area contributed by atoms with Gasteiger partial charge in [-0.05, 0) is 24.6 Å². The first kappa shape index (κ1) is 14.0. The monoisotopic (exact) mass is 239 g/mol. The van der Waals surface area contributed by atoms with Gasteiger partial charge in [0.1, 0.15) is 5.75 Å². The summed E-state index contributed by atoms with van der Waals surface area (Å²) in [5.41, 5.74) is 1.16. The first-order valence-electron chi connectivity index (χ1n) is 5.71. The molecule has 0 aliphatic rings. The van der Waals surface area contributed by atoms with Crippen molar-refractivity contribution in [2.45, 2.75) is 19.1 Å². The van der Waals surface area contributed by atoms with Crippen molar-refractivity contribution in [3.05, 3.63) is 29.8 Å². The minimum atomic E-state index is -0.472. The predicted octanol–water partition coefficient (Wildman–Crippen LogP) is 1.35. The molecule has 0 saturated heterocycles. The highest BCUT2D eigenvalue weighted by atomic mass is 16.5. The van der Waals surface area contributed by atoms with Gasteiger partial charge in [-0.2, -0.15) is 0 Å². The van der Waals surface area contributed by atoms with E-state index in [4.69, 9.17) is 9.47 Å². The normalized spacial score (nSPS) is 14.4. The van der Waals surface area contributed by atoms with E-state index in [9.17, 15) is 5.11 Å². The molecule has 1 rings (SSSR count). The molecule has 0 spiro atoms. The summed E-state index contributed by atoms with van der Waals surface area (Å²) < 4.78 is 9.97. The molecular formula is C13H21NO3. The first-order chi connectivity index (χ1) is 8.17. The van der Waals surface area contributed by atoms with Crippen LogP contribution in [-0.4, -0.2) is 38.6 Å². The Morgan fingerprint density at radius 3 is 2.41 bits per heavy atom. The zero-order valence-electron chi connectivity index (χ0n) is 10.6. The highest BCUT2D eigenvalue weighted by Gasteiger charge is 2.08. The summed E-state index contributed by atoms with van der Waals surface area (Å²) in [5.74, 6) is 0.848. The van der Waals surface area contributed by atoms with Gasteiger partial charge in [0.05, 0.1) is 19.8 Å². The molecule has 0 amide bonds. The van der Waals surface area contributed by atoms with Crippen molar-refractivity contribution in [3.63, 3.8) is 0 Å². The molecule has 0 radical (unpaired) electrons. The maximum Gasteiger partial charge on any atom is 0.118 e. The Morgan fingerprint density at radius 2 is 1.88 bits per heavy atom. The molecule has 1 aromatic rings. The van der Waals surface area contributed by atoms with Crippen LogP contribution in [-0.2, 0) is 4.74 Å². The molecule has 0 aliphatic carbocycles. The van der Waals surface area contributed by atoms with Gasteiger partial charge in [0, 0.05) is 19.7 Å². The van der Waals surface area contributed by atoms with E-state index in [-0.39, 0.29) is 6.04 Å². The van der Waals surface area contributed by atoms with Crippen LogP contribution in [0.3, 0.4) is 0 Å². The molecular weight excluding hydrogens is 218 g/mol. The SMILES string of the molecule is COCC(O)CN[C@@H](C)c1ccc(OC)cc1. The average Bonchev–Trinajstić information content (AvgIpc) is 2.36. The molecule has 0 aliphatic heterocycles. The van der Waals surface area contributed by atoms with Crippen LogP contribution in [0.5, 0.6) is 5.75 Å². The highest BCUT2D eigenvalue weighted by Crippen LogP contribution is 2.16. The molecule has 0 fully saturated rings. The van der Waals surface area contributed by atoms with Crippen molar-refractivity contribution in [3.8, 4) is 5.75 Å². The molecule has 0 heterocycles. The lowest BCUT2D eigenvalue weighted by molar-refractivity contribution is 0.0630. The first-order valence-corrected chi connectivity index (χ1v) is 5.71. The van der Waals surface area contributed by atoms with Gasteiger partial charge in [-0.25, -0.2) is 0 Å². The lowest BCUT2D eigenvalue weighted by atomic mass is 10.1. The number of aliphatic hydroxyl groups is 1. The Balaban J connectivity index is 2.43. The van der Waals surface area contributed by atoms with Gasteiger partial charge in [-0.15, -0.1) is 0 Å². The second-order valence-electron chi connectivity index (χ2n) is 4.01. The van der Waals surface area contributed by atoms with Gasteiger partial charge in [0.2, 0.25) is 0 Å². The van der Waals surface area contributed by atoms with Crippen molar-refractivity contribution in [2.24, 2.45) is 0 Å².